The monoisotopic (exact) mass is 996 g/mol. The van der Waals surface area contributed by atoms with E-state index < -0.39 is 0 Å². The summed E-state index contributed by atoms with van der Waals surface area (Å²) in [6.45, 7) is 0. The molecule has 0 saturated carbocycles. The third kappa shape index (κ3) is 6.66. The molecule has 362 valence electrons. The SMILES string of the molecule is c1ccc(-c2nc(-c3ccc4c(c3)C3c5ccccc5C4c4cc(-c5nc(-c6ccccc6)nc(-c6ccc7oc8cc9ccccc9cc8c7c6)n5)ccc43)nc(-c3ccc4oc5cc6ccccc6cc5c4c3)n2)cc1. The molecule has 3 aliphatic rings. The van der Waals surface area contributed by atoms with Crippen molar-refractivity contribution < 1.29 is 8.83 Å². The fraction of sp³-hybridized carbons (Fsp3) is 0.0286. The van der Waals surface area contributed by atoms with E-state index in [1.807, 2.05) is 48.5 Å². The maximum absolute atomic E-state index is 6.40. The molecule has 4 heterocycles. The van der Waals surface area contributed by atoms with E-state index >= 15 is 0 Å². The first-order chi connectivity index (χ1) is 38.6. The Bertz CT molecular complexity index is 4690. The number of nitrogens with zero attached hydrogens (tertiary/aromatic N) is 6. The van der Waals surface area contributed by atoms with E-state index in [-0.39, 0.29) is 11.8 Å². The molecule has 18 rings (SSSR count). The number of hydrogen-bond donors (Lipinski definition) is 0. The van der Waals surface area contributed by atoms with Crippen molar-refractivity contribution in [2.24, 2.45) is 0 Å². The molecule has 2 unspecified atom stereocenters. The third-order valence-electron chi connectivity index (χ3n) is 16.1. The van der Waals surface area contributed by atoms with Crippen LogP contribution in [0.15, 0.2) is 239 Å². The van der Waals surface area contributed by atoms with Crippen LogP contribution < -0.4 is 0 Å². The van der Waals surface area contributed by atoms with Crippen molar-refractivity contribution in [1.82, 2.24) is 29.9 Å². The van der Waals surface area contributed by atoms with Crippen molar-refractivity contribution in [3.05, 3.63) is 264 Å². The number of hydrogen-bond acceptors (Lipinski definition) is 8. The molecule has 0 N–H and O–H groups in total. The molecule has 8 heteroatoms. The van der Waals surface area contributed by atoms with Crippen LogP contribution in [0.3, 0.4) is 0 Å². The van der Waals surface area contributed by atoms with Gasteiger partial charge in [-0.15, -0.1) is 0 Å². The van der Waals surface area contributed by atoms with Crippen LogP contribution in [0.5, 0.6) is 0 Å². The van der Waals surface area contributed by atoms with Crippen LogP contribution in [0.2, 0.25) is 0 Å². The summed E-state index contributed by atoms with van der Waals surface area (Å²) in [4.78, 5) is 31.3. The van der Waals surface area contributed by atoms with Crippen molar-refractivity contribution in [3.63, 3.8) is 0 Å². The summed E-state index contributed by atoms with van der Waals surface area (Å²) in [6.07, 6.45) is 0. The highest BCUT2D eigenvalue weighted by Crippen LogP contribution is 2.57. The van der Waals surface area contributed by atoms with Gasteiger partial charge in [-0.2, -0.15) is 0 Å². The molecule has 0 amide bonds. The van der Waals surface area contributed by atoms with Crippen LogP contribution in [0.25, 0.3) is 134 Å². The maximum atomic E-state index is 6.40. The topological polar surface area (TPSA) is 104 Å². The van der Waals surface area contributed by atoms with Gasteiger partial charge >= 0.3 is 0 Å². The second-order valence-electron chi connectivity index (χ2n) is 20.5. The normalized spacial score (nSPS) is 14.4. The van der Waals surface area contributed by atoms with E-state index in [4.69, 9.17) is 38.7 Å². The summed E-state index contributed by atoms with van der Waals surface area (Å²) in [5.41, 5.74) is 16.5. The van der Waals surface area contributed by atoms with Gasteiger partial charge in [-0.05, 0) is 128 Å². The molecule has 0 radical (unpaired) electrons. The zero-order valence-electron chi connectivity index (χ0n) is 41.6. The first kappa shape index (κ1) is 42.9. The summed E-state index contributed by atoms with van der Waals surface area (Å²) in [5, 5.41) is 8.76. The predicted octanol–water partition coefficient (Wildman–Crippen LogP) is 17.2. The number of fused-ring (bicyclic) bond motifs is 8. The molecule has 8 nitrogen and oxygen atoms in total. The van der Waals surface area contributed by atoms with Gasteiger partial charge in [-0.25, -0.2) is 29.9 Å². The summed E-state index contributed by atoms with van der Waals surface area (Å²) in [7, 11) is 0. The second-order valence-corrected chi connectivity index (χ2v) is 20.5. The first-order valence-corrected chi connectivity index (χ1v) is 26.3. The molecule has 15 aromatic rings. The predicted molar refractivity (Wildman–Crippen MR) is 310 cm³/mol. The molecular weight excluding hydrogens is 957 g/mol. The van der Waals surface area contributed by atoms with Gasteiger partial charge in [0.2, 0.25) is 0 Å². The zero-order chi connectivity index (χ0) is 51.0. The quantitative estimate of drug-likeness (QED) is 0.162. The van der Waals surface area contributed by atoms with Crippen LogP contribution in [0, 0.1) is 0 Å². The van der Waals surface area contributed by atoms with E-state index in [0.29, 0.717) is 34.9 Å². The molecule has 0 aliphatic heterocycles. The van der Waals surface area contributed by atoms with E-state index in [2.05, 4.69) is 182 Å². The minimum absolute atomic E-state index is 0.0182. The lowest BCUT2D eigenvalue weighted by Gasteiger charge is -2.42. The summed E-state index contributed by atoms with van der Waals surface area (Å²) < 4.78 is 12.8. The van der Waals surface area contributed by atoms with Crippen LogP contribution in [-0.2, 0) is 0 Å². The largest absolute Gasteiger partial charge is 0.456 e. The molecule has 0 fully saturated rings. The Kier molecular flexibility index (Phi) is 9.08. The van der Waals surface area contributed by atoms with Gasteiger partial charge in [0.1, 0.15) is 22.3 Å². The van der Waals surface area contributed by atoms with Gasteiger partial charge in [0.25, 0.3) is 0 Å². The lowest BCUT2D eigenvalue weighted by atomic mass is 9.61. The van der Waals surface area contributed by atoms with Gasteiger partial charge in [0, 0.05) is 66.8 Å². The van der Waals surface area contributed by atoms with Crippen molar-refractivity contribution in [3.8, 4) is 68.3 Å². The Morgan fingerprint density at radius 2 is 0.526 bits per heavy atom. The van der Waals surface area contributed by atoms with Gasteiger partial charge in [-0.1, -0.05) is 158 Å². The number of rotatable bonds is 6. The van der Waals surface area contributed by atoms with Crippen molar-refractivity contribution in [2.45, 2.75) is 11.8 Å². The average molecular weight is 997 g/mol. The van der Waals surface area contributed by atoms with Gasteiger partial charge in [-0.3, -0.25) is 0 Å². The molecule has 3 aliphatic carbocycles. The van der Waals surface area contributed by atoms with Gasteiger partial charge in [0.05, 0.1) is 0 Å². The van der Waals surface area contributed by atoms with E-state index in [9.17, 15) is 0 Å². The summed E-state index contributed by atoms with van der Waals surface area (Å²) in [5.74, 6) is 3.61. The van der Waals surface area contributed by atoms with Crippen LogP contribution in [0.4, 0.5) is 0 Å². The smallest absolute Gasteiger partial charge is 0.164 e. The third-order valence-corrected chi connectivity index (χ3v) is 16.1. The second kappa shape index (κ2) is 16.5. The number of furan rings is 2. The molecule has 0 spiro atoms. The van der Waals surface area contributed by atoms with E-state index in [0.717, 1.165) is 98.8 Å². The van der Waals surface area contributed by atoms with E-state index in [1.165, 1.54) is 33.4 Å². The highest BCUT2D eigenvalue weighted by molar-refractivity contribution is 6.12. The Labute approximate surface area is 446 Å². The van der Waals surface area contributed by atoms with E-state index in [1.54, 1.807) is 0 Å². The van der Waals surface area contributed by atoms with Gasteiger partial charge < -0.3 is 8.83 Å². The lowest BCUT2D eigenvalue weighted by Crippen LogP contribution is -2.27. The minimum atomic E-state index is -0.0182. The Morgan fingerprint density at radius 3 is 0.936 bits per heavy atom. The fourth-order valence-corrected chi connectivity index (χ4v) is 12.4. The minimum Gasteiger partial charge on any atom is -0.456 e. The highest BCUT2D eigenvalue weighted by Gasteiger charge is 2.41. The zero-order valence-corrected chi connectivity index (χ0v) is 41.6. The van der Waals surface area contributed by atoms with Crippen molar-refractivity contribution >= 4 is 65.4 Å². The first-order valence-electron chi connectivity index (χ1n) is 26.3. The Balaban J connectivity index is 0.782. The molecule has 78 heavy (non-hydrogen) atoms. The molecule has 2 bridgehead atoms. The summed E-state index contributed by atoms with van der Waals surface area (Å²) >= 11 is 0. The standard InChI is InChI=1S/C70H40N6O2/c1-3-13-39(14-4-1)65-71-67(75-69(73-65)47-25-29-59-53(33-47)55-31-41-17-7-9-19-43(41)37-61(55)77-59)45-23-27-51-57(35-45)63-49-21-11-12-22-50(49)64(51)58-36-46(24-28-52(58)63)68-72-66(40-15-5-2-6-16-40)74-70(76-68)48-26-30-60-54(34-48)56-32-42-18-8-10-20-44(42)38-62(56)78-60/h1-38,63-64H. The lowest BCUT2D eigenvalue weighted by molar-refractivity contribution is 0.669. The Hall–Kier alpha value is -10.4. The fourth-order valence-electron chi connectivity index (χ4n) is 12.4. The highest BCUT2D eigenvalue weighted by atomic mass is 16.3. The van der Waals surface area contributed by atoms with Crippen LogP contribution in [-0.4, -0.2) is 29.9 Å². The number of aromatic nitrogens is 6. The van der Waals surface area contributed by atoms with Crippen LogP contribution in [0.1, 0.15) is 45.2 Å². The Morgan fingerprint density at radius 1 is 0.218 bits per heavy atom. The van der Waals surface area contributed by atoms with Crippen molar-refractivity contribution in [1.29, 1.82) is 0 Å². The number of benzene rings is 11. The van der Waals surface area contributed by atoms with Crippen molar-refractivity contribution in [2.75, 3.05) is 0 Å². The van der Waals surface area contributed by atoms with Crippen LogP contribution >= 0.6 is 0 Å². The molecule has 2 atom stereocenters. The summed E-state index contributed by atoms with van der Waals surface area (Å²) in [6, 6.07) is 80.7. The molecule has 11 aromatic carbocycles. The molecule has 0 saturated heterocycles. The van der Waals surface area contributed by atoms with Gasteiger partial charge in [0.15, 0.2) is 34.9 Å². The molecule has 4 aromatic heterocycles. The molecular formula is C70H40N6O2. The average Bonchev–Trinajstić information content (AvgIpc) is 4.15. The maximum Gasteiger partial charge on any atom is 0.164 e.